The maximum Gasteiger partial charge on any atom is 2.00 e. The Morgan fingerprint density at radius 1 is 1.57 bits per heavy atom. The average molecular weight is 164 g/mol. The third kappa shape index (κ3) is 11.5. The van der Waals surface area contributed by atoms with E-state index in [1.54, 1.807) is 6.92 Å². The van der Waals surface area contributed by atoms with Crippen LogP contribution in [0.1, 0.15) is 6.92 Å². The Morgan fingerprint density at radius 2 is 2.00 bits per heavy atom. The minimum absolute atomic E-state index is 0. The van der Waals surface area contributed by atoms with E-state index in [-0.39, 0.29) is 37.7 Å². The molecule has 0 atom stereocenters. The predicted molar refractivity (Wildman–Crippen MR) is 30.8 cm³/mol. The van der Waals surface area contributed by atoms with E-state index in [0.717, 1.165) is 11.4 Å². The van der Waals surface area contributed by atoms with E-state index in [4.69, 9.17) is 0 Å². The van der Waals surface area contributed by atoms with Crippen molar-refractivity contribution in [1.29, 1.82) is 0 Å². The molecule has 0 unspecified atom stereocenters. The van der Waals surface area contributed by atoms with Gasteiger partial charge in [0.1, 0.15) is 0 Å². The molecule has 0 spiro atoms. The molecule has 0 aliphatic carbocycles. The summed E-state index contributed by atoms with van der Waals surface area (Å²) in [4.78, 5) is 19.2. The fourth-order valence-electron chi connectivity index (χ4n) is 0.105. The summed E-state index contributed by atoms with van der Waals surface area (Å²) in [6, 6.07) is 0. The molecule has 0 aliphatic rings. The van der Waals surface area contributed by atoms with Crippen LogP contribution in [0.5, 0.6) is 0 Å². The normalized spacial score (nSPS) is 8.57. The van der Waals surface area contributed by atoms with Crippen LogP contribution in [0.15, 0.2) is 0 Å². The van der Waals surface area contributed by atoms with Gasteiger partial charge in [-0.25, -0.2) is 7.58 Å². The predicted octanol–water partition coefficient (Wildman–Crippen LogP) is -0.694. The fraction of sp³-hybridized carbons (Fsp3) is 1.00. The summed E-state index contributed by atoms with van der Waals surface area (Å²) in [5, 5.41) is 0. The van der Waals surface area contributed by atoms with Gasteiger partial charge in [0.2, 0.25) is 0 Å². The first kappa shape index (κ1) is 11.7. The van der Waals surface area contributed by atoms with Crippen molar-refractivity contribution >= 4 is 56.7 Å². The van der Waals surface area contributed by atoms with Crippen molar-refractivity contribution < 1.29 is 9.79 Å². The van der Waals surface area contributed by atoms with Crippen molar-refractivity contribution in [2.24, 2.45) is 0 Å². The topological polar surface area (TPSA) is 46.1 Å². The van der Waals surface area contributed by atoms with Gasteiger partial charge < -0.3 is 9.79 Å². The summed E-state index contributed by atoms with van der Waals surface area (Å²) in [6.07, 6.45) is 0. The summed E-state index contributed by atoms with van der Waals surface area (Å²) in [5.74, 6) is 0.651. The van der Waals surface area contributed by atoms with Crippen LogP contribution in [0.25, 0.3) is 0 Å². The molecule has 0 amide bonds. The van der Waals surface area contributed by atoms with Crippen LogP contribution in [-0.4, -0.2) is 43.5 Å². The van der Waals surface area contributed by atoms with Crippen LogP contribution in [0.2, 0.25) is 0 Å². The molecule has 0 N–H and O–H groups in total. The number of hydrogen-bond donors (Lipinski definition) is 0. The Balaban J connectivity index is 0. The van der Waals surface area contributed by atoms with Crippen molar-refractivity contribution in [3.8, 4) is 0 Å². The smallest absolute Gasteiger partial charge is 0.834 e. The fourth-order valence-corrected chi connectivity index (χ4v) is 0.949. The SMILES string of the molecule is CCSP([O-])[O-].[Ca+2]. The van der Waals surface area contributed by atoms with Gasteiger partial charge in [-0.3, -0.25) is 0 Å². The maximum atomic E-state index is 9.60. The van der Waals surface area contributed by atoms with Crippen LogP contribution in [-0.2, 0) is 0 Å². The quantitative estimate of drug-likeness (QED) is 0.400. The summed E-state index contributed by atoms with van der Waals surface area (Å²) in [7, 11) is -2.18. The van der Waals surface area contributed by atoms with E-state index < -0.39 is 7.58 Å². The number of hydrogen-bond acceptors (Lipinski definition) is 3. The van der Waals surface area contributed by atoms with Gasteiger partial charge in [-0.05, 0) is 5.75 Å². The van der Waals surface area contributed by atoms with Crippen molar-refractivity contribution in [2.45, 2.75) is 6.92 Å². The van der Waals surface area contributed by atoms with E-state index in [9.17, 15) is 9.79 Å². The minimum Gasteiger partial charge on any atom is -0.834 e. The van der Waals surface area contributed by atoms with Crippen molar-refractivity contribution in [3.05, 3.63) is 0 Å². The monoisotopic (exact) mass is 164 g/mol. The molecule has 2 nitrogen and oxygen atoms in total. The molecule has 0 bridgehead atoms. The molecular formula is C2H5CaO2PS. The molecule has 0 fully saturated rings. The summed E-state index contributed by atoms with van der Waals surface area (Å²) < 4.78 is 0. The summed E-state index contributed by atoms with van der Waals surface area (Å²) in [5.41, 5.74) is 0. The zero-order valence-corrected chi connectivity index (χ0v) is 8.01. The molecule has 0 heterocycles. The second-order valence-electron chi connectivity index (χ2n) is 0.641. The molecule has 5 heteroatoms. The largest absolute Gasteiger partial charge is 2.00 e. The second kappa shape index (κ2) is 7.96. The van der Waals surface area contributed by atoms with E-state index in [1.807, 2.05) is 0 Å². The maximum absolute atomic E-state index is 9.60. The van der Waals surface area contributed by atoms with Gasteiger partial charge in [-0.2, -0.15) is 11.4 Å². The molecule has 0 saturated heterocycles. The van der Waals surface area contributed by atoms with Gasteiger partial charge in [0.05, 0.1) is 0 Å². The van der Waals surface area contributed by atoms with Crippen LogP contribution < -0.4 is 9.79 Å². The number of rotatable bonds is 2. The Bertz CT molecular complexity index is 36.9. The van der Waals surface area contributed by atoms with Gasteiger partial charge in [-0.1, -0.05) is 6.92 Å². The third-order valence-corrected chi connectivity index (χ3v) is 2.11. The first-order valence-corrected chi connectivity index (χ1v) is 4.31. The first-order valence-electron chi connectivity index (χ1n) is 1.54. The molecule has 0 aliphatic heterocycles. The molecule has 0 aromatic carbocycles. The van der Waals surface area contributed by atoms with Gasteiger partial charge in [0.25, 0.3) is 0 Å². The Labute approximate surface area is 78.4 Å². The van der Waals surface area contributed by atoms with Crippen LogP contribution in [0.4, 0.5) is 0 Å². The molecule has 7 heavy (non-hydrogen) atoms. The van der Waals surface area contributed by atoms with Crippen molar-refractivity contribution in [3.63, 3.8) is 0 Å². The standard InChI is InChI=1S/C2H5O2PS.Ca/c1-2-6-5(3)4;/h2H2,1H3;/q-2;+2. The minimum atomic E-state index is -2.18. The molecular weight excluding hydrogens is 159 g/mol. The Morgan fingerprint density at radius 3 is 2.00 bits per heavy atom. The molecule has 38 valence electrons. The van der Waals surface area contributed by atoms with E-state index in [2.05, 4.69) is 0 Å². The van der Waals surface area contributed by atoms with Gasteiger partial charge in [0, 0.05) is 0 Å². The summed E-state index contributed by atoms with van der Waals surface area (Å²) in [6.45, 7) is 1.80. The van der Waals surface area contributed by atoms with Gasteiger partial charge >= 0.3 is 37.7 Å². The zero-order valence-electron chi connectivity index (χ0n) is 4.09. The van der Waals surface area contributed by atoms with Crippen molar-refractivity contribution in [1.82, 2.24) is 0 Å². The molecule has 0 aromatic rings. The average Bonchev–Trinajstić information content (AvgIpc) is 1.35. The van der Waals surface area contributed by atoms with Gasteiger partial charge in [-0.15, -0.1) is 0 Å². The molecule has 0 radical (unpaired) electrons. The van der Waals surface area contributed by atoms with Gasteiger partial charge in [0.15, 0.2) is 0 Å². The zero-order chi connectivity index (χ0) is 4.99. The third-order valence-electron chi connectivity index (χ3n) is 0.235. The van der Waals surface area contributed by atoms with Crippen LogP contribution >= 0.6 is 19.0 Å². The van der Waals surface area contributed by atoms with E-state index >= 15 is 0 Å². The first-order chi connectivity index (χ1) is 2.77. The van der Waals surface area contributed by atoms with E-state index in [1.165, 1.54) is 0 Å². The Kier molecular flexibility index (Phi) is 13.3. The summed E-state index contributed by atoms with van der Waals surface area (Å²) >= 11 is 0.940. The van der Waals surface area contributed by atoms with E-state index in [0.29, 0.717) is 5.75 Å². The van der Waals surface area contributed by atoms with Crippen molar-refractivity contribution in [2.75, 3.05) is 5.75 Å². The van der Waals surface area contributed by atoms with Crippen LogP contribution in [0, 0.1) is 0 Å². The second-order valence-corrected chi connectivity index (χ2v) is 3.59. The molecule has 0 rings (SSSR count). The Hall–Kier alpha value is 1.96. The molecule has 0 aromatic heterocycles. The van der Waals surface area contributed by atoms with Crippen LogP contribution in [0.3, 0.4) is 0 Å². The molecule has 0 saturated carbocycles.